The van der Waals surface area contributed by atoms with Crippen molar-refractivity contribution in [2.24, 2.45) is 0 Å². The molecular weight excluding hydrogens is 530 g/mol. The van der Waals surface area contributed by atoms with Crippen molar-refractivity contribution in [2.75, 3.05) is 6.61 Å². The first-order chi connectivity index (χ1) is 17.6. The Hall–Kier alpha value is -1.66. The first-order valence-corrected chi connectivity index (χ1v) is 14.1. The number of aliphatic hydroxyl groups is 4. The topological polar surface area (TPSA) is 163 Å². The molecule has 3 aliphatic rings. The van der Waals surface area contributed by atoms with Gasteiger partial charge in [0.15, 0.2) is 6.29 Å². The largest absolute Gasteiger partial charge is 0.532 e. The molecule has 2 aromatic rings. The van der Waals surface area contributed by atoms with Crippen molar-refractivity contribution in [3.05, 3.63) is 58.7 Å². The number of rotatable bonds is 6. The average molecular weight is 558 g/mol. The minimum absolute atomic E-state index is 0.0701. The minimum atomic E-state index is -4.27. The van der Waals surface area contributed by atoms with Gasteiger partial charge in [-0.2, -0.15) is 0 Å². The van der Waals surface area contributed by atoms with Crippen LogP contribution in [0.15, 0.2) is 36.4 Å². The third kappa shape index (κ3) is 5.56. The van der Waals surface area contributed by atoms with Crippen molar-refractivity contribution in [2.45, 2.75) is 63.9 Å². The molecule has 202 valence electrons. The van der Waals surface area contributed by atoms with E-state index in [0.717, 1.165) is 16.7 Å². The summed E-state index contributed by atoms with van der Waals surface area (Å²) in [5, 5.41) is 41.9. The minimum Gasteiger partial charge on any atom is -0.426 e. The lowest BCUT2D eigenvalue weighted by molar-refractivity contribution is -0.293. The summed E-state index contributed by atoms with van der Waals surface area (Å²) in [6, 6.07) is 10.7. The predicted molar refractivity (Wildman–Crippen MR) is 127 cm³/mol. The number of aliphatic hydroxyl groups excluding tert-OH is 4. The van der Waals surface area contributed by atoms with E-state index in [-0.39, 0.29) is 19.0 Å². The van der Waals surface area contributed by atoms with Crippen LogP contribution in [0.2, 0.25) is 0 Å². The van der Waals surface area contributed by atoms with Crippen molar-refractivity contribution in [1.82, 2.24) is 0 Å². The molecule has 0 bridgehead atoms. The zero-order chi connectivity index (χ0) is 26.3. The van der Waals surface area contributed by atoms with Gasteiger partial charge in [-0.1, -0.05) is 24.3 Å². The van der Waals surface area contributed by atoms with Gasteiger partial charge in [0.1, 0.15) is 42.0 Å². The van der Waals surface area contributed by atoms with Gasteiger partial charge in [0.05, 0.1) is 19.8 Å². The van der Waals surface area contributed by atoms with E-state index in [1.807, 2.05) is 32.0 Å². The number of hydrogen-bond acceptors (Lipinski definition) is 12. The third-order valence-corrected chi connectivity index (χ3v) is 8.75. The quantitative estimate of drug-likeness (QED) is 0.384. The highest BCUT2D eigenvalue weighted by molar-refractivity contribution is 7.49. The van der Waals surface area contributed by atoms with Gasteiger partial charge in [0, 0.05) is 11.1 Å². The fraction of sp³-hybridized carbons (Fsp3) is 0.478. The van der Waals surface area contributed by atoms with Crippen LogP contribution in [-0.2, 0) is 40.6 Å². The molecule has 37 heavy (non-hydrogen) atoms. The molecule has 0 radical (unpaired) electrons. The third-order valence-electron chi connectivity index (χ3n) is 6.37. The maximum absolute atomic E-state index is 13.1. The van der Waals surface area contributed by atoms with Crippen molar-refractivity contribution in [3.63, 3.8) is 0 Å². The second kappa shape index (κ2) is 10.8. The summed E-state index contributed by atoms with van der Waals surface area (Å²) in [6.45, 7) is 3.57. The summed E-state index contributed by atoms with van der Waals surface area (Å²) in [5.74, 6) is 0.902. The summed E-state index contributed by atoms with van der Waals surface area (Å²) >= 11 is 0. The van der Waals surface area contributed by atoms with E-state index in [0.29, 0.717) is 11.3 Å². The van der Waals surface area contributed by atoms with Gasteiger partial charge in [0.25, 0.3) is 0 Å². The van der Waals surface area contributed by atoms with Crippen LogP contribution in [0.25, 0.3) is 0 Å². The number of aryl methyl sites for hydroxylation is 2. The van der Waals surface area contributed by atoms with Gasteiger partial charge in [-0.3, -0.25) is 13.6 Å². The fourth-order valence-corrected chi connectivity index (χ4v) is 6.46. The molecule has 0 spiro atoms. The number of phosphoric ester groups is 1. The zero-order valence-corrected chi connectivity index (χ0v) is 21.8. The highest BCUT2D eigenvalue weighted by Crippen LogP contribution is 2.56. The van der Waals surface area contributed by atoms with Crippen LogP contribution < -0.4 is 9.05 Å². The Morgan fingerprint density at radius 3 is 2.41 bits per heavy atom. The van der Waals surface area contributed by atoms with Gasteiger partial charge in [0.2, 0.25) is 0 Å². The average Bonchev–Trinajstić information content (AvgIpc) is 2.87. The molecular formula is C23H28O12P2. The van der Waals surface area contributed by atoms with Crippen LogP contribution in [0, 0.1) is 13.8 Å². The van der Waals surface area contributed by atoms with Crippen molar-refractivity contribution in [1.29, 1.82) is 0 Å². The molecule has 1 saturated heterocycles. The molecule has 0 amide bonds. The van der Waals surface area contributed by atoms with Crippen LogP contribution in [0.1, 0.15) is 22.3 Å². The van der Waals surface area contributed by atoms with E-state index in [4.69, 9.17) is 31.9 Å². The van der Waals surface area contributed by atoms with Gasteiger partial charge in [-0.15, -0.1) is 0 Å². The normalized spacial score (nSPS) is 34.0. The number of phosphoric acid groups is 1. The van der Waals surface area contributed by atoms with E-state index < -0.39 is 59.8 Å². The van der Waals surface area contributed by atoms with Crippen molar-refractivity contribution >= 4 is 16.4 Å². The second-order valence-corrected chi connectivity index (χ2v) is 11.6. The molecule has 5 rings (SSSR count). The monoisotopic (exact) mass is 558 g/mol. The Bertz CT molecular complexity index is 1180. The van der Waals surface area contributed by atoms with Crippen LogP contribution >= 0.6 is 16.4 Å². The Kier molecular flexibility index (Phi) is 7.89. The van der Waals surface area contributed by atoms with Crippen molar-refractivity contribution < 1.29 is 56.9 Å². The lowest BCUT2D eigenvalue weighted by Crippen LogP contribution is -2.61. The Labute approximate surface area is 214 Å². The van der Waals surface area contributed by atoms with Crippen LogP contribution in [0.5, 0.6) is 11.5 Å². The fourth-order valence-electron chi connectivity index (χ4n) is 4.16. The first kappa shape index (κ1) is 26.9. The molecule has 4 N–H and O–H groups in total. The molecule has 14 heteroatoms. The number of hydrogen-bond donors (Lipinski definition) is 4. The van der Waals surface area contributed by atoms with Gasteiger partial charge in [-0.25, -0.2) is 9.09 Å². The van der Waals surface area contributed by atoms with Crippen LogP contribution in [-0.4, -0.2) is 63.8 Å². The standard InChI is InChI=1S/C23H28O12P2/c1-12-5-3-7-17-14(12)9-29-36(33-17)30-11-16(24)22-20(26)19(25)21(27)23(32-22)35-37(28)31-10-15-13(2)6-4-8-18(15)34-37/h3-8,16,19-27H,9-11H2,1-2H3/t16-,19+,20+,21+,22-,23-,36?,37?/m1/s1. The summed E-state index contributed by atoms with van der Waals surface area (Å²) < 4.78 is 51.6. The van der Waals surface area contributed by atoms with Gasteiger partial charge < -0.3 is 34.2 Å². The first-order valence-electron chi connectivity index (χ1n) is 11.6. The maximum Gasteiger partial charge on any atom is 0.532 e. The SMILES string of the molecule is Cc1cccc2c1COP(OC[C@@H](O)[C@H]1O[C@H](OP3(=O)OCc4c(C)cccc4O3)[C@@H](O)[C@@H](O)[C@@H]1O)O2. The highest BCUT2D eigenvalue weighted by Gasteiger charge is 2.51. The molecule has 3 heterocycles. The van der Waals surface area contributed by atoms with Crippen LogP contribution in [0.3, 0.4) is 0 Å². The van der Waals surface area contributed by atoms with E-state index in [1.165, 1.54) is 0 Å². The molecule has 3 aliphatic heterocycles. The Morgan fingerprint density at radius 2 is 1.68 bits per heavy atom. The molecule has 0 aromatic heterocycles. The molecule has 2 aromatic carbocycles. The number of fused-ring (bicyclic) bond motifs is 2. The number of benzene rings is 2. The molecule has 0 saturated carbocycles. The highest BCUT2D eigenvalue weighted by atomic mass is 31.2. The molecule has 2 unspecified atom stereocenters. The smallest absolute Gasteiger partial charge is 0.426 e. The van der Waals surface area contributed by atoms with Crippen molar-refractivity contribution in [3.8, 4) is 11.5 Å². The van der Waals surface area contributed by atoms with Gasteiger partial charge in [-0.05, 0) is 37.1 Å². The predicted octanol–water partition coefficient (Wildman–Crippen LogP) is 2.36. The van der Waals surface area contributed by atoms with E-state index in [1.54, 1.807) is 18.2 Å². The van der Waals surface area contributed by atoms with E-state index >= 15 is 0 Å². The Balaban J connectivity index is 1.22. The van der Waals surface area contributed by atoms with Crippen LogP contribution in [0.4, 0.5) is 0 Å². The Morgan fingerprint density at radius 1 is 1.00 bits per heavy atom. The second-order valence-electron chi connectivity index (χ2n) is 8.91. The molecule has 0 aliphatic carbocycles. The summed E-state index contributed by atoms with van der Waals surface area (Å²) in [4.78, 5) is 0. The summed E-state index contributed by atoms with van der Waals surface area (Å²) in [5.41, 5.74) is 3.46. The van der Waals surface area contributed by atoms with Gasteiger partial charge >= 0.3 is 16.4 Å². The maximum atomic E-state index is 13.1. The molecule has 12 nitrogen and oxygen atoms in total. The summed E-state index contributed by atoms with van der Waals surface area (Å²) in [7, 11) is -6.12. The lowest BCUT2D eigenvalue weighted by Gasteiger charge is -2.42. The summed E-state index contributed by atoms with van der Waals surface area (Å²) in [6.07, 6.45) is -10.1. The lowest BCUT2D eigenvalue weighted by atomic mass is 9.96. The zero-order valence-electron chi connectivity index (χ0n) is 20.0. The molecule has 8 atom stereocenters. The number of ether oxygens (including phenoxy) is 1. The van der Waals surface area contributed by atoms with E-state index in [9.17, 15) is 25.0 Å². The molecule has 1 fully saturated rings. The van der Waals surface area contributed by atoms with E-state index in [2.05, 4.69) is 0 Å².